The van der Waals surface area contributed by atoms with Crippen molar-refractivity contribution in [2.24, 2.45) is 0 Å². The molecule has 0 aliphatic carbocycles. The van der Waals surface area contributed by atoms with E-state index in [1.54, 1.807) is 0 Å². The van der Waals surface area contributed by atoms with Gasteiger partial charge in [0.1, 0.15) is 0 Å². The lowest BCUT2D eigenvalue weighted by Crippen LogP contribution is -2.57. The molecule has 0 aliphatic heterocycles. The van der Waals surface area contributed by atoms with E-state index in [-0.39, 0.29) is 0 Å². The summed E-state index contributed by atoms with van der Waals surface area (Å²) in [6, 6.07) is 3.81. The molecule has 0 saturated carbocycles. The van der Waals surface area contributed by atoms with E-state index in [4.69, 9.17) is 13.3 Å². The molecule has 0 spiro atoms. The summed E-state index contributed by atoms with van der Waals surface area (Å²) in [4.78, 5) is 0. The van der Waals surface area contributed by atoms with Crippen LogP contribution in [0.25, 0.3) is 0 Å². The first-order chi connectivity index (χ1) is 8.66. The Bertz CT molecular complexity index is 249. The molecule has 7 heteroatoms. The third kappa shape index (κ3) is 7.35. The van der Waals surface area contributed by atoms with Crippen LogP contribution in [0.1, 0.15) is 0 Å². The highest BCUT2D eigenvalue weighted by atomic mass is 29.3. The van der Waals surface area contributed by atoms with Crippen molar-refractivity contribution in [3.63, 3.8) is 0 Å². The molecular weight excluding hydrogens is 304 g/mol. The molecule has 2 unspecified atom stereocenters. The average Bonchev–Trinajstić information content (AvgIpc) is 2.35. The van der Waals surface area contributed by atoms with Gasteiger partial charge in [-0.25, -0.2) is 0 Å². The van der Waals surface area contributed by atoms with Gasteiger partial charge < -0.3 is 13.3 Å². The van der Waals surface area contributed by atoms with Crippen molar-refractivity contribution < 1.29 is 13.3 Å². The zero-order valence-electron chi connectivity index (χ0n) is 14.2. The van der Waals surface area contributed by atoms with E-state index in [1.807, 2.05) is 14.2 Å². The second-order valence-corrected chi connectivity index (χ2v) is 27.3. The molecule has 0 heterocycles. The molecule has 0 radical (unpaired) electrons. The number of hydrogen-bond acceptors (Lipinski definition) is 3. The Labute approximate surface area is 125 Å². The summed E-state index contributed by atoms with van der Waals surface area (Å²) < 4.78 is 17.3. The van der Waals surface area contributed by atoms with E-state index in [1.165, 1.54) is 12.1 Å². The summed E-state index contributed by atoms with van der Waals surface area (Å²) in [6.45, 7) is 15.3. The van der Waals surface area contributed by atoms with Crippen LogP contribution in [-0.4, -0.2) is 54.3 Å². The summed E-state index contributed by atoms with van der Waals surface area (Å²) in [5.41, 5.74) is 0. The van der Waals surface area contributed by atoms with Gasteiger partial charge in [0, 0.05) is 20.8 Å². The van der Waals surface area contributed by atoms with Gasteiger partial charge in [-0.05, 0) is 38.3 Å². The molecule has 0 aromatic carbocycles. The van der Waals surface area contributed by atoms with Gasteiger partial charge in [0.15, 0.2) is 25.9 Å². The smallest absolute Gasteiger partial charge is 0.175 e. The van der Waals surface area contributed by atoms with Crippen LogP contribution in [0, 0.1) is 0 Å². The number of hydrogen-bond donors (Lipinski definition) is 0. The molecule has 3 nitrogen and oxygen atoms in total. The fourth-order valence-electron chi connectivity index (χ4n) is 1.78. The van der Waals surface area contributed by atoms with Crippen molar-refractivity contribution in [2.75, 3.05) is 20.8 Å². The van der Waals surface area contributed by atoms with Crippen LogP contribution in [0.5, 0.6) is 0 Å². The van der Waals surface area contributed by atoms with Gasteiger partial charge in [0.05, 0.1) is 7.59 Å². The summed E-state index contributed by atoms with van der Waals surface area (Å²) in [7, 11) is -0.949. The Kier molecular flexibility index (Phi) is 9.26. The van der Waals surface area contributed by atoms with Gasteiger partial charge in [-0.3, -0.25) is 0 Å². The zero-order chi connectivity index (χ0) is 15.1. The lowest BCUT2D eigenvalue weighted by molar-refractivity contribution is 0.328. The first kappa shape index (κ1) is 19.7. The Balaban J connectivity index is 4.26. The molecule has 0 aromatic heterocycles. The third-order valence-corrected chi connectivity index (χ3v) is 25.6. The molecule has 0 rings (SSSR count). The molecule has 0 bridgehead atoms. The van der Waals surface area contributed by atoms with Crippen LogP contribution in [-0.2, 0) is 13.3 Å². The first-order valence-electron chi connectivity index (χ1n) is 7.36. The van der Waals surface area contributed by atoms with Gasteiger partial charge in [0.25, 0.3) is 0 Å². The standard InChI is InChI=1S/C12H34O3Si4/c1-13-16(3)10-9-15-19(7,8)18(5,6)12-11-17(4)14-2/h16-17H,9-12H2,1-8H3. The second kappa shape index (κ2) is 8.91. The Morgan fingerprint density at radius 2 is 1.32 bits per heavy atom. The first-order valence-corrected chi connectivity index (χ1v) is 19.4. The van der Waals surface area contributed by atoms with E-state index in [0.717, 1.165) is 12.7 Å². The normalized spacial score (nSPS) is 16.4. The Morgan fingerprint density at radius 3 is 1.79 bits per heavy atom. The van der Waals surface area contributed by atoms with Gasteiger partial charge >= 0.3 is 0 Å². The van der Waals surface area contributed by atoms with Gasteiger partial charge in [-0.1, -0.05) is 19.1 Å². The zero-order valence-corrected chi connectivity index (χ0v) is 18.5. The Morgan fingerprint density at radius 1 is 0.842 bits per heavy atom. The summed E-state index contributed by atoms with van der Waals surface area (Å²) in [6.07, 6.45) is 0. The maximum atomic E-state index is 6.36. The maximum Gasteiger partial charge on any atom is 0.175 e. The molecule has 0 aromatic rings. The van der Waals surface area contributed by atoms with Crippen LogP contribution in [0.3, 0.4) is 0 Å². The predicted octanol–water partition coefficient (Wildman–Crippen LogP) is 2.99. The second-order valence-electron chi connectivity index (χ2n) is 6.66. The Hall–Kier alpha value is 0.748. The monoisotopic (exact) mass is 338 g/mol. The quantitative estimate of drug-likeness (QED) is 0.573. The lowest BCUT2D eigenvalue weighted by atomic mass is 10.9. The molecular formula is C12H34O3Si4. The molecule has 0 N–H and O–H groups in total. The molecule has 0 fully saturated rings. The van der Waals surface area contributed by atoms with E-state index in [2.05, 4.69) is 39.3 Å². The van der Waals surface area contributed by atoms with Crippen molar-refractivity contribution in [3.05, 3.63) is 0 Å². The molecule has 116 valence electrons. The highest BCUT2D eigenvalue weighted by molar-refractivity contribution is 7.38. The molecule has 0 aliphatic rings. The van der Waals surface area contributed by atoms with Gasteiger partial charge in [-0.2, -0.15) is 0 Å². The van der Waals surface area contributed by atoms with Crippen molar-refractivity contribution in [1.82, 2.24) is 0 Å². The largest absolute Gasteiger partial charge is 0.423 e. The minimum absolute atomic E-state index is 0.911. The van der Waals surface area contributed by atoms with Crippen molar-refractivity contribution in [2.45, 2.75) is 57.4 Å². The van der Waals surface area contributed by atoms with Gasteiger partial charge in [-0.15, -0.1) is 0 Å². The molecule has 0 amide bonds. The topological polar surface area (TPSA) is 27.7 Å². The van der Waals surface area contributed by atoms with Crippen LogP contribution >= 0.6 is 0 Å². The molecule has 19 heavy (non-hydrogen) atoms. The van der Waals surface area contributed by atoms with Crippen molar-refractivity contribution >= 4 is 33.5 Å². The fraction of sp³-hybridized carbons (Fsp3) is 1.00. The summed E-state index contributed by atoms with van der Waals surface area (Å²) >= 11 is 0. The summed E-state index contributed by atoms with van der Waals surface area (Å²) in [5.74, 6) is 0. The van der Waals surface area contributed by atoms with E-state index >= 15 is 0 Å². The van der Waals surface area contributed by atoms with Crippen LogP contribution in [0.4, 0.5) is 0 Å². The van der Waals surface area contributed by atoms with Crippen LogP contribution in [0.2, 0.25) is 57.4 Å². The van der Waals surface area contributed by atoms with Gasteiger partial charge in [0.2, 0.25) is 0 Å². The maximum absolute atomic E-state index is 6.36. The van der Waals surface area contributed by atoms with Crippen LogP contribution in [0.15, 0.2) is 0 Å². The molecule has 2 atom stereocenters. The van der Waals surface area contributed by atoms with E-state index in [9.17, 15) is 0 Å². The van der Waals surface area contributed by atoms with E-state index in [0.29, 0.717) is 0 Å². The highest BCUT2D eigenvalue weighted by Crippen LogP contribution is 2.27. The highest BCUT2D eigenvalue weighted by Gasteiger charge is 2.42. The summed E-state index contributed by atoms with van der Waals surface area (Å²) in [5, 5.41) is 0. The van der Waals surface area contributed by atoms with Crippen molar-refractivity contribution in [3.8, 4) is 0 Å². The predicted molar refractivity (Wildman–Crippen MR) is 95.4 cm³/mol. The SMILES string of the molecule is CO[SiH](C)CCO[Si](C)(C)[Si](C)(C)CC[SiH](C)OC. The average molecular weight is 339 g/mol. The van der Waals surface area contributed by atoms with Crippen LogP contribution < -0.4 is 0 Å². The minimum atomic E-state index is -1.52. The fourth-order valence-corrected chi connectivity index (χ4v) is 13.7. The number of rotatable bonds is 10. The third-order valence-electron chi connectivity index (χ3n) is 4.60. The van der Waals surface area contributed by atoms with Crippen molar-refractivity contribution in [1.29, 1.82) is 0 Å². The molecule has 0 saturated heterocycles. The lowest BCUT2D eigenvalue weighted by Gasteiger charge is -2.38. The van der Waals surface area contributed by atoms with E-state index < -0.39 is 33.5 Å². The minimum Gasteiger partial charge on any atom is -0.423 e.